The van der Waals surface area contributed by atoms with E-state index in [-0.39, 0.29) is 5.38 Å². The minimum atomic E-state index is 0.210. The van der Waals surface area contributed by atoms with Crippen molar-refractivity contribution < 1.29 is 0 Å². The van der Waals surface area contributed by atoms with Crippen molar-refractivity contribution in [3.63, 3.8) is 0 Å². The zero-order chi connectivity index (χ0) is 14.5. The minimum Gasteiger partial charge on any atom is -0.118 e. The van der Waals surface area contributed by atoms with Crippen LogP contribution in [-0.4, -0.2) is 0 Å². The highest BCUT2D eigenvalue weighted by atomic mass is 35.5. The molecule has 1 unspecified atom stereocenters. The molecule has 112 valence electrons. The van der Waals surface area contributed by atoms with Gasteiger partial charge in [0.1, 0.15) is 0 Å². The van der Waals surface area contributed by atoms with E-state index in [9.17, 15) is 0 Å². The third kappa shape index (κ3) is 4.01. The molecule has 0 bridgehead atoms. The van der Waals surface area contributed by atoms with E-state index in [0.717, 1.165) is 5.92 Å². The van der Waals surface area contributed by atoms with E-state index in [4.69, 9.17) is 11.6 Å². The highest BCUT2D eigenvalue weighted by molar-refractivity contribution is 6.21. The van der Waals surface area contributed by atoms with Crippen molar-refractivity contribution in [3.05, 3.63) is 34.9 Å². The highest BCUT2D eigenvalue weighted by Gasteiger charge is 2.27. The number of rotatable bonds is 5. The van der Waals surface area contributed by atoms with Gasteiger partial charge >= 0.3 is 0 Å². The van der Waals surface area contributed by atoms with Gasteiger partial charge in [-0.25, -0.2) is 0 Å². The summed E-state index contributed by atoms with van der Waals surface area (Å²) in [4.78, 5) is 0. The van der Waals surface area contributed by atoms with E-state index in [0.29, 0.717) is 5.92 Å². The maximum Gasteiger partial charge on any atom is 0.0616 e. The zero-order valence-electron chi connectivity index (χ0n) is 13.3. The molecule has 2 rings (SSSR count). The quantitative estimate of drug-likeness (QED) is 0.538. The largest absolute Gasteiger partial charge is 0.118 e. The first-order chi connectivity index (χ1) is 9.61. The van der Waals surface area contributed by atoms with Gasteiger partial charge in [-0.15, -0.1) is 11.6 Å². The van der Waals surface area contributed by atoms with Crippen molar-refractivity contribution in [3.8, 4) is 0 Å². The number of alkyl halides is 1. The molecule has 1 atom stereocenters. The second-order valence-corrected chi connectivity index (χ2v) is 7.16. The number of hydrogen-bond acceptors (Lipinski definition) is 0. The molecule has 0 saturated heterocycles. The molecule has 20 heavy (non-hydrogen) atoms. The third-order valence-electron chi connectivity index (χ3n) is 5.00. The van der Waals surface area contributed by atoms with Crippen LogP contribution in [0, 0.1) is 25.7 Å². The van der Waals surface area contributed by atoms with Gasteiger partial charge in [0.15, 0.2) is 0 Å². The van der Waals surface area contributed by atoms with Crippen LogP contribution in [0.4, 0.5) is 0 Å². The average molecular weight is 293 g/mol. The van der Waals surface area contributed by atoms with Crippen LogP contribution in [0.3, 0.4) is 0 Å². The second kappa shape index (κ2) is 7.50. The van der Waals surface area contributed by atoms with Crippen LogP contribution in [-0.2, 0) is 0 Å². The fourth-order valence-electron chi connectivity index (χ4n) is 3.57. The average Bonchev–Trinajstić information content (AvgIpc) is 2.47. The molecule has 1 heteroatoms. The standard InChI is InChI=1S/C19H29Cl/c1-4-5-6-16-9-11-17(12-10-16)19(20)18-13-14(2)7-8-15(18)3/h7-8,13,16-17,19H,4-6,9-12H2,1-3H3. The van der Waals surface area contributed by atoms with Crippen molar-refractivity contribution in [2.45, 2.75) is 71.1 Å². The second-order valence-electron chi connectivity index (χ2n) is 6.68. The Bertz CT molecular complexity index is 416. The summed E-state index contributed by atoms with van der Waals surface area (Å²) in [6.07, 6.45) is 9.57. The summed E-state index contributed by atoms with van der Waals surface area (Å²) in [5.74, 6) is 1.64. The van der Waals surface area contributed by atoms with Crippen LogP contribution in [0.5, 0.6) is 0 Å². The fraction of sp³-hybridized carbons (Fsp3) is 0.684. The van der Waals surface area contributed by atoms with Gasteiger partial charge in [0.25, 0.3) is 0 Å². The van der Waals surface area contributed by atoms with E-state index in [1.165, 1.54) is 61.6 Å². The number of halogens is 1. The van der Waals surface area contributed by atoms with Crippen LogP contribution >= 0.6 is 11.6 Å². The van der Waals surface area contributed by atoms with Gasteiger partial charge < -0.3 is 0 Å². The van der Waals surface area contributed by atoms with Crippen LogP contribution in [0.2, 0.25) is 0 Å². The molecule has 1 aliphatic carbocycles. The molecule has 0 spiro atoms. The lowest BCUT2D eigenvalue weighted by molar-refractivity contribution is 0.254. The summed E-state index contributed by atoms with van der Waals surface area (Å²) in [5, 5.41) is 0.210. The van der Waals surface area contributed by atoms with Crippen molar-refractivity contribution in [2.24, 2.45) is 11.8 Å². The summed E-state index contributed by atoms with van der Waals surface area (Å²) in [5.41, 5.74) is 4.04. The number of benzene rings is 1. The zero-order valence-corrected chi connectivity index (χ0v) is 14.0. The summed E-state index contributed by atoms with van der Waals surface area (Å²) in [7, 11) is 0. The smallest absolute Gasteiger partial charge is 0.0616 e. The van der Waals surface area contributed by atoms with E-state index in [1.54, 1.807) is 0 Å². The highest BCUT2D eigenvalue weighted by Crippen LogP contribution is 2.42. The van der Waals surface area contributed by atoms with Gasteiger partial charge in [-0.3, -0.25) is 0 Å². The van der Waals surface area contributed by atoms with Gasteiger partial charge in [0.05, 0.1) is 5.38 Å². The number of hydrogen-bond donors (Lipinski definition) is 0. The first kappa shape index (κ1) is 15.9. The molecule has 0 amide bonds. The fourth-order valence-corrected chi connectivity index (χ4v) is 4.06. The Balaban J connectivity index is 1.94. The molecule has 1 saturated carbocycles. The number of unbranched alkanes of at least 4 members (excludes halogenated alkanes) is 1. The van der Waals surface area contributed by atoms with Gasteiger partial charge in [0, 0.05) is 0 Å². The van der Waals surface area contributed by atoms with Gasteiger partial charge in [-0.2, -0.15) is 0 Å². The van der Waals surface area contributed by atoms with E-state index < -0.39 is 0 Å². The minimum absolute atomic E-state index is 0.210. The molecular weight excluding hydrogens is 264 g/mol. The molecule has 0 aliphatic heterocycles. The molecule has 0 radical (unpaired) electrons. The predicted molar refractivity (Wildman–Crippen MR) is 89.5 cm³/mol. The molecule has 1 fully saturated rings. The van der Waals surface area contributed by atoms with Gasteiger partial charge in [-0.1, -0.05) is 62.8 Å². The topological polar surface area (TPSA) is 0 Å². The maximum absolute atomic E-state index is 6.81. The molecule has 1 aromatic rings. The Hall–Kier alpha value is -0.490. The predicted octanol–water partition coefficient (Wildman–Crippen LogP) is 6.58. The Morgan fingerprint density at radius 3 is 2.50 bits per heavy atom. The lowest BCUT2D eigenvalue weighted by Crippen LogP contribution is -2.18. The maximum atomic E-state index is 6.81. The Morgan fingerprint density at radius 1 is 1.15 bits per heavy atom. The van der Waals surface area contributed by atoms with Crippen molar-refractivity contribution in [1.29, 1.82) is 0 Å². The van der Waals surface area contributed by atoms with Crippen LogP contribution < -0.4 is 0 Å². The lowest BCUT2D eigenvalue weighted by atomic mass is 9.77. The molecule has 0 nitrogen and oxygen atoms in total. The van der Waals surface area contributed by atoms with Gasteiger partial charge in [0.2, 0.25) is 0 Å². The Kier molecular flexibility index (Phi) is 5.96. The SMILES string of the molecule is CCCCC1CCC(C(Cl)c2cc(C)ccc2C)CC1. The molecule has 1 aliphatic rings. The van der Waals surface area contributed by atoms with E-state index >= 15 is 0 Å². The first-order valence-corrected chi connectivity index (χ1v) is 8.76. The van der Waals surface area contributed by atoms with Crippen molar-refractivity contribution in [2.75, 3.05) is 0 Å². The van der Waals surface area contributed by atoms with E-state index in [1.807, 2.05) is 0 Å². The molecular formula is C19H29Cl. The Labute approximate surface area is 129 Å². The Morgan fingerprint density at radius 2 is 1.85 bits per heavy atom. The molecule has 0 aromatic heterocycles. The molecule has 0 heterocycles. The monoisotopic (exact) mass is 292 g/mol. The summed E-state index contributed by atoms with van der Waals surface area (Å²) >= 11 is 6.81. The lowest BCUT2D eigenvalue weighted by Gasteiger charge is -2.32. The normalized spacial score (nSPS) is 24.6. The molecule has 0 N–H and O–H groups in total. The third-order valence-corrected chi connectivity index (χ3v) is 5.59. The van der Waals surface area contributed by atoms with Crippen LogP contribution in [0.1, 0.15) is 73.9 Å². The van der Waals surface area contributed by atoms with Gasteiger partial charge in [-0.05, 0) is 49.7 Å². The van der Waals surface area contributed by atoms with Crippen molar-refractivity contribution in [1.82, 2.24) is 0 Å². The summed E-state index contributed by atoms with van der Waals surface area (Å²) < 4.78 is 0. The van der Waals surface area contributed by atoms with E-state index in [2.05, 4.69) is 39.0 Å². The van der Waals surface area contributed by atoms with Crippen molar-refractivity contribution >= 4 is 11.6 Å². The first-order valence-electron chi connectivity index (χ1n) is 8.33. The summed E-state index contributed by atoms with van der Waals surface area (Å²) in [6, 6.07) is 6.69. The molecule has 1 aromatic carbocycles. The van der Waals surface area contributed by atoms with Crippen LogP contribution in [0.15, 0.2) is 18.2 Å². The number of aryl methyl sites for hydroxylation is 2. The van der Waals surface area contributed by atoms with Crippen LogP contribution in [0.25, 0.3) is 0 Å². The summed E-state index contributed by atoms with van der Waals surface area (Å²) in [6.45, 7) is 6.65.